The lowest BCUT2D eigenvalue weighted by molar-refractivity contribution is -0.121. The summed E-state index contributed by atoms with van der Waals surface area (Å²) in [5, 5.41) is 2.77. The second-order valence-corrected chi connectivity index (χ2v) is 6.83. The van der Waals surface area contributed by atoms with Crippen molar-refractivity contribution in [3.8, 4) is 5.75 Å². The highest BCUT2D eigenvalue weighted by Gasteiger charge is 2.25. The van der Waals surface area contributed by atoms with Crippen LogP contribution in [0.1, 0.15) is 26.3 Å². The fourth-order valence-electron chi connectivity index (χ4n) is 3.19. The zero-order valence-electron chi connectivity index (χ0n) is 16.0. The van der Waals surface area contributed by atoms with Gasteiger partial charge in [-0.25, -0.2) is 0 Å². The number of primary amides is 1. The molecule has 0 aromatic heterocycles. The molecular formula is C23H19N3O4. The highest BCUT2D eigenvalue weighted by molar-refractivity contribution is 6.04. The minimum Gasteiger partial charge on any atom is -0.482 e. The van der Waals surface area contributed by atoms with E-state index in [9.17, 15) is 14.4 Å². The molecule has 150 valence electrons. The quantitative estimate of drug-likeness (QED) is 0.686. The number of rotatable bonds is 5. The number of nitrogens with zero attached hydrogens (tertiary/aromatic N) is 1. The Kier molecular flexibility index (Phi) is 5.17. The van der Waals surface area contributed by atoms with Gasteiger partial charge >= 0.3 is 0 Å². The third-order valence-corrected chi connectivity index (χ3v) is 4.79. The summed E-state index contributed by atoms with van der Waals surface area (Å²) in [5.74, 6) is -0.239. The van der Waals surface area contributed by atoms with E-state index in [1.807, 2.05) is 36.4 Å². The Morgan fingerprint density at radius 3 is 2.30 bits per heavy atom. The number of fused-ring (bicyclic) bond motifs is 1. The van der Waals surface area contributed by atoms with Gasteiger partial charge in [0.25, 0.3) is 11.8 Å². The molecule has 0 spiro atoms. The Morgan fingerprint density at radius 1 is 0.933 bits per heavy atom. The molecule has 4 rings (SSSR count). The maximum atomic E-state index is 12.5. The SMILES string of the molecule is NC(=O)c1ccc(NC(=O)c2ccc(CN3C(=O)COc4ccccc43)cc2)cc1. The number of ether oxygens (including phenoxy) is 1. The molecule has 1 aliphatic rings. The van der Waals surface area contributed by atoms with Crippen LogP contribution in [0, 0.1) is 0 Å². The highest BCUT2D eigenvalue weighted by atomic mass is 16.5. The van der Waals surface area contributed by atoms with Crippen LogP contribution in [0.25, 0.3) is 0 Å². The van der Waals surface area contributed by atoms with Crippen molar-refractivity contribution in [1.29, 1.82) is 0 Å². The Bertz CT molecular complexity index is 1110. The van der Waals surface area contributed by atoms with Crippen LogP contribution >= 0.6 is 0 Å². The molecule has 3 aromatic carbocycles. The molecule has 1 aliphatic heterocycles. The van der Waals surface area contributed by atoms with Gasteiger partial charge in [-0.05, 0) is 54.1 Å². The molecule has 0 unspecified atom stereocenters. The Morgan fingerprint density at radius 2 is 1.60 bits per heavy atom. The van der Waals surface area contributed by atoms with Crippen molar-refractivity contribution in [2.24, 2.45) is 5.73 Å². The summed E-state index contributed by atoms with van der Waals surface area (Å²) in [7, 11) is 0. The maximum absolute atomic E-state index is 12.5. The van der Waals surface area contributed by atoms with Crippen molar-refractivity contribution in [3.63, 3.8) is 0 Å². The van der Waals surface area contributed by atoms with Crippen LogP contribution in [0.3, 0.4) is 0 Å². The van der Waals surface area contributed by atoms with Crippen molar-refractivity contribution in [2.45, 2.75) is 6.54 Å². The number of benzene rings is 3. The van der Waals surface area contributed by atoms with Crippen LogP contribution in [-0.4, -0.2) is 24.3 Å². The third-order valence-electron chi connectivity index (χ3n) is 4.79. The van der Waals surface area contributed by atoms with E-state index in [-0.39, 0.29) is 18.4 Å². The summed E-state index contributed by atoms with van der Waals surface area (Å²) in [5.41, 5.74) is 8.25. The van der Waals surface area contributed by atoms with Gasteiger partial charge in [-0.1, -0.05) is 24.3 Å². The first-order chi connectivity index (χ1) is 14.5. The fourth-order valence-corrected chi connectivity index (χ4v) is 3.19. The van der Waals surface area contributed by atoms with Crippen molar-refractivity contribution < 1.29 is 19.1 Å². The number of hydrogen-bond acceptors (Lipinski definition) is 4. The van der Waals surface area contributed by atoms with Gasteiger partial charge in [-0.15, -0.1) is 0 Å². The average molecular weight is 401 g/mol. The zero-order valence-corrected chi connectivity index (χ0v) is 16.0. The third kappa shape index (κ3) is 4.00. The highest BCUT2D eigenvalue weighted by Crippen LogP contribution is 2.32. The van der Waals surface area contributed by atoms with E-state index < -0.39 is 5.91 Å². The maximum Gasteiger partial charge on any atom is 0.265 e. The largest absolute Gasteiger partial charge is 0.482 e. The van der Waals surface area contributed by atoms with Crippen molar-refractivity contribution >= 4 is 29.1 Å². The molecule has 0 saturated heterocycles. The van der Waals surface area contributed by atoms with Crippen LogP contribution in [0.5, 0.6) is 5.75 Å². The van der Waals surface area contributed by atoms with Crippen LogP contribution < -0.4 is 20.7 Å². The molecule has 3 aromatic rings. The molecular weight excluding hydrogens is 382 g/mol. The number of carbonyl (C=O) groups excluding carboxylic acids is 3. The van der Waals surface area contributed by atoms with E-state index in [2.05, 4.69) is 5.32 Å². The number of amides is 3. The lowest BCUT2D eigenvalue weighted by Crippen LogP contribution is -2.38. The summed E-state index contributed by atoms with van der Waals surface area (Å²) in [6.45, 7) is 0.391. The monoisotopic (exact) mass is 401 g/mol. The number of para-hydroxylation sites is 2. The Labute approximate surface area is 173 Å². The van der Waals surface area contributed by atoms with Crippen LogP contribution in [0.2, 0.25) is 0 Å². The number of anilines is 2. The second-order valence-electron chi connectivity index (χ2n) is 6.83. The number of hydrogen-bond donors (Lipinski definition) is 2. The van der Waals surface area contributed by atoms with Crippen LogP contribution in [0.4, 0.5) is 11.4 Å². The van der Waals surface area contributed by atoms with E-state index >= 15 is 0 Å². The molecule has 0 bridgehead atoms. The van der Waals surface area contributed by atoms with Crippen molar-refractivity contribution in [1.82, 2.24) is 0 Å². The normalized spacial score (nSPS) is 12.7. The average Bonchev–Trinajstić information content (AvgIpc) is 2.76. The van der Waals surface area contributed by atoms with Gasteiger partial charge in [0.05, 0.1) is 12.2 Å². The molecule has 3 amide bonds. The second kappa shape index (κ2) is 8.08. The van der Waals surface area contributed by atoms with Crippen molar-refractivity contribution in [2.75, 3.05) is 16.8 Å². The summed E-state index contributed by atoms with van der Waals surface area (Å²) >= 11 is 0. The molecule has 0 fully saturated rings. The minimum absolute atomic E-state index is 0.00600. The zero-order chi connectivity index (χ0) is 21.1. The van der Waals surface area contributed by atoms with E-state index in [1.165, 1.54) is 0 Å². The number of nitrogens with two attached hydrogens (primary N) is 1. The van der Waals surface area contributed by atoms with E-state index in [1.54, 1.807) is 41.3 Å². The summed E-state index contributed by atoms with van der Waals surface area (Å²) in [4.78, 5) is 37.6. The minimum atomic E-state index is -0.523. The first-order valence-corrected chi connectivity index (χ1v) is 9.33. The molecule has 0 saturated carbocycles. The molecule has 7 heteroatoms. The first kappa shape index (κ1) is 19.2. The molecule has 30 heavy (non-hydrogen) atoms. The molecule has 0 atom stereocenters. The van der Waals surface area contributed by atoms with Gasteiger partial charge in [0.15, 0.2) is 6.61 Å². The number of carbonyl (C=O) groups is 3. The molecule has 1 heterocycles. The lowest BCUT2D eigenvalue weighted by atomic mass is 10.1. The molecule has 0 radical (unpaired) electrons. The van der Waals surface area contributed by atoms with Crippen LogP contribution in [-0.2, 0) is 11.3 Å². The van der Waals surface area contributed by atoms with E-state index in [0.717, 1.165) is 11.3 Å². The standard InChI is InChI=1S/C23H19N3O4/c24-22(28)16-9-11-18(12-10-16)25-23(29)17-7-5-15(6-8-17)13-26-19-3-1-2-4-20(19)30-14-21(26)27/h1-12H,13-14H2,(H2,24,28)(H,25,29). The molecule has 7 nitrogen and oxygen atoms in total. The predicted octanol–water partition coefficient (Wildman–Crippen LogP) is 2.96. The topological polar surface area (TPSA) is 102 Å². The summed E-state index contributed by atoms with van der Waals surface area (Å²) < 4.78 is 5.46. The lowest BCUT2D eigenvalue weighted by Gasteiger charge is -2.29. The Balaban J connectivity index is 1.44. The smallest absolute Gasteiger partial charge is 0.265 e. The summed E-state index contributed by atoms with van der Waals surface area (Å²) in [6, 6.07) is 20.8. The van der Waals surface area contributed by atoms with Gasteiger partial charge < -0.3 is 20.7 Å². The van der Waals surface area contributed by atoms with Gasteiger partial charge in [-0.3, -0.25) is 14.4 Å². The van der Waals surface area contributed by atoms with Gasteiger partial charge in [-0.2, -0.15) is 0 Å². The van der Waals surface area contributed by atoms with Gasteiger partial charge in [0.1, 0.15) is 5.75 Å². The Hall–Kier alpha value is -4.13. The molecule has 0 aliphatic carbocycles. The van der Waals surface area contributed by atoms with E-state index in [4.69, 9.17) is 10.5 Å². The first-order valence-electron chi connectivity index (χ1n) is 9.33. The molecule has 3 N–H and O–H groups in total. The van der Waals surface area contributed by atoms with Crippen LogP contribution in [0.15, 0.2) is 72.8 Å². The predicted molar refractivity (Wildman–Crippen MR) is 112 cm³/mol. The summed E-state index contributed by atoms with van der Waals surface area (Å²) in [6.07, 6.45) is 0. The van der Waals surface area contributed by atoms with Gasteiger partial charge in [0, 0.05) is 16.8 Å². The number of nitrogens with one attached hydrogen (secondary N) is 1. The fraction of sp³-hybridized carbons (Fsp3) is 0.0870. The van der Waals surface area contributed by atoms with E-state index in [0.29, 0.717) is 29.1 Å². The van der Waals surface area contributed by atoms with Gasteiger partial charge in [0.2, 0.25) is 5.91 Å². The van der Waals surface area contributed by atoms with Crippen molar-refractivity contribution in [3.05, 3.63) is 89.5 Å².